The highest BCUT2D eigenvalue weighted by atomic mass is 32.2. The van der Waals surface area contributed by atoms with Gasteiger partial charge < -0.3 is 0 Å². The van der Waals surface area contributed by atoms with Crippen molar-refractivity contribution in [1.29, 1.82) is 0 Å². The van der Waals surface area contributed by atoms with Crippen molar-refractivity contribution in [2.45, 2.75) is 22.3 Å². The molecule has 7 heteroatoms. The Labute approximate surface area is 130 Å². The summed E-state index contributed by atoms with van der Waals surface area (Å²) in [7, 11) is 0. The predicted molar refractivity (Wildman–Crippen MR) is 87.5 cm³/mol. The van der Waals surface area contributed by atoms with Gasteiger partial charge in [0.1, 0.15) is 0 Å². The van der Waals surface area contributed by atoms with Gasteiger partial charge in [0.25, 0.3) is 0 Å². The van der Waals surface area contributed by atoms with E-state index in [0.717, 1.165) is 10.1 Å². The number of aromatic nitrogens is 2. The Morgan fingerprint density at radius 1 is 1.35 bits per heavy atom. The third kappa shape index (κ3) is 4.50. The molecule has 0 aliphatic carbocycles. The van der Waals surface area contributed by atoms with Crippen LogP contribution in [-0.4, -0.2) is 27.6 Å². The number of amides is 1. The van der Waals surface area contributed by atoms with Crippen molar-refractivity contribution in [2.24, 2.45) is 0 Å². The van der Waals surface area contributed by atoms with E-state index >= 15 is 0 Å². The molecule has 1 unspecified atom stereocenters. The van der Waals surface area contributed by atoms with Gasteiger partial charge >= 0.3 is 0 Å². The lowest BCUT2D eigenvalue weighted by Crippen LogP contribution is -2.22. The molecule has 20 heavy (non-hydrogen) atoms. The minimum Gasteiger partial charge on any atom is -0.300 e. The van der Waals surface area contributed by atoms with Gasteiger partial charge in [-0.2, -0.15) is 0 Å². The van der Waals surface area contributed by atoms with Gasteiger partial charge in [0, 0.05) is 5.75 Å². The van der Waals surface area contributed by atoms with Gasteiger partial charge in [0.2, 0.25) is 11.0 Å². The molecule has 1 aromatic carbocycles. The molecule has 4 nitrogen and oxygen atoms in total. The summed E-state index contributed by atoms with van der Waals surface area (Å²) < 4.78 is 0.852. The second-order valence-corrected chi connectivity index (χ2v) is 7.37. The summed E-state index contributed by atoms with van der Waals surface area (Å²) in [5.41, 5.74) is 1.22. The average molecular weight is 325 g/mol. The van der Waals surface area contributed by atoms with E-state index in [-0.39, 0.29) is 11.2 Å². The number of anilines is 1. The average Bonchev–Trinajstić information content (AvgIpc) is 2.93. The number of thioether (sulfide) groups is 2. The summed E-state index contributed by atoms with van der Waals surface area (Å²) >= 11 is 4.52. The van der Waals surface area contributed by atoms with E-state index in [0.29, 0.717) is 5.13 Å². The fourth-order valence-corrected chi connectivity index (χ4v) is 3.44. The number of rotatable bonds is 6. The Bertz CT molecular complexity index is 559. The van der Waals surface area contributed by atoms with E-state index in [1.807, 2.05) is 31.4 Å². The highest BCUT2D eigenvalue weighted by Crippen LogP contribution is 2.24. The molecular weight excluding hydrogens is 310 g/mol. The van der Waals surface area contributed by atoms with Gasteiger partial charge in [-0.25, -0.2) is 0 Å². The summed E-state index contributed by atoms with van der Waals surface area (Å²) in [6.07, 6.45) is 1.93. The molecule has 2 aromatic rings. The van der Waals surface area contributed by atoms with Crippen LogP contribution < -0.4 is 5.32 Å². The minimum absolute atomic E-state index is 0.0327. The van der Waals surface area contributed by atoms with Crippen LogP contribution in [0.2, 0.25) is 0 Å². The molecule has 0 bridgehead atoms. The van der Waals surface area contributed by atoms with Gasteiger partial charge in [-0.05, 0) is 18.7 Å². The molecule has 0 aliphatic rings. The minimum atomic E-state index is -0.128. The normalized spacial score (nSPS) is 12.1. The van der Waals surface area contributed by atoms with Crippen molar-refractivity contribution in [3.63, 3.8) is 0 Å². The van der Waals surface area contributed by atoms with E-state index in [1.54, 1.807) is 11.8 Å². The van der Waals surface area contributed by atoms with Crippen LogP contribution in [0.1, 0.15) is 12.5 Å². The van der Waals surface area contributed by atoms with Crippen LogP contribution in [0.3, 0.4) is 0 Å². The van der Waals surface area contributed by atoms with Crippen LogP contribution in [0.15, 0.2) is 34.7 Å². The zero-order valence-corrected chi connectivity index (χ0v) is 13.6. The van der Waals surface area contributed by atoms with Crippen LogP contribution in [0.5, 0.6) is 0 Å². The Kier molecular flexibility index (Phi) is 5.87. The maximum Gasteiger partial charge on any atom is 0.239 e. The zero-order chi connectivity index (χ0) is 14.4. The van der Waals surface area contributed by atoms with Gasteiger partial charge in [-0.3, -0.25) is 10.1 Å². The topological polar surface area (TPSA) is 54.9 Å². The lowest BCUT2D eigenvalue weighted by atomic mass is 10.2. The fraction of sp³-hybridized carbons (Fsp3) is 0.308. The molecule has 106 valence electrons. The highest BCUT2D eigenvalue weighted by molar-refractivity contribution is 8.00. The molecule has 1 N–H and O–H groups in total. The van der Waals surface area contributed by atoms with E-state index in [2.05, 4.69) is 27.6 Å². The number of benzene rings is 1. The molecule has 0 fully saturated rings. The molecule has 0 spiro atoms. The Balaban J connectivity index is 1.82. The second-order valence-electron chi connectivity index (χ2n) is 4.01. The van der Waals surface area contributed by atoms with Crippen molar-refractivity contribution in [2.75, 3.05) is 11.6 Å². The molecule has 2 rings (SSSR count). The number of carbonyl (C=O) groups is 1. The fourth-order valence-electron chi connectivity index (χ4n) is 1.42. The SMILES string of the molecule is CSc1nnc(NC(=O)C(C)SCc2ccccc2)s1. The lowest BCUT2D eigenvalue weighted by Gasteiger charge is -2.10. The summed E-state index contributed by atoms with van der Waals surface area (Å²) in [6.45, 7) is 1.90. The second kappa shape index (κ2) is 7.66. The van der Waals surface area contributed by atoms with Crippen molar-refractivity contribution in [1.82, 2.24) is 10.2 Å². The van der Waals surface area contributed by atoms with Crippen LogP contribution in [-0.2, 0) is 10.5 Å². The molecule has 0 radical (unpaired) electrons. The first-order chi connectivity index (χ1) is 9.69. The molecule has 0 saturated carbocycles. The van der Waals surface area contributed by atoms with Crippen molar-refractivity contribution >= 4 is 45.9 Å². The summed E-state index contributed by atoms with van der Waals surface area (Å²) in [6, 6.07) is 10.1. The Hall–Kier alpha value is -1.05. The van der Waals surface area contributed by atoms with Gasteiger partial charge in [0.15, 0.2) is 4.34 Å². The van der Waals surface area contributed by atoms with Crippen LogP contribution in [0.25, 0.3) is 0 Å². The van der Waals surface area contributed by atoms with Crippen LogP contribution in [0.4, 0.5) is 5.13 Å². The van der Waals surface area contributed by atoms with Crippen LogP contribution in [0, 0.1) is 0 Å². The number of hydrogen-bond donors (Lipinski definition) is 1. The largest absolute Gasteiger partial charge is 0.300 e. The quantitative estimate of drug-likeness (QED) is 0.650. The monoisotopic (exact) mass is 325 g/mol. The van der Waals surface area contributed by atoms with Crippen LogP contribution >= 0.6 is 34.9 Å². The molecule has 0 aliphatic heterocycles. The van der Waals surface area contributed by atoms with Gasteiger partial charge in [0.05, 0.1) is 5.25 Å². The number of hydrogen-bond acceptors (Lipinski definition) is 6. The lowest BCUT2D eigenvalue weighted by molar-refractivity contribution is -0.115. The highest BCUT2D eigenvalue weighted by Gasteiger charge is 2.15. The third-order valence-corrected chi connectivity index (χ3v) is 5.55. The van der Waals surface area contributed by atoms with Crippen molar-refractivity contribution < 1.29 is 4.79 Å². The van der Waals surface area contributed by atoms with E-state index in [4.69, 9.17) is 0 Å². The molecule has 0 saturated heterocycles. The van der Waals surface area contributed by atoms with E-state index in [9.17, 15) is 4.79 Å². The van der Waals surface area contributed by atoms with Crippen molar-refractivity contribution in [3.8, 4) is 0 Å². The summed E-state index contributed by atoms with van der Waals surface area (Å²) in [5, 5.41) is 11.1. The first-order valence-electron chi connectivity index (χ1n) is 6.03. The van der Waals surface area contributed by atoms with Gasteiger partial charge in [-0.15, -0.1) is 22.0 Å². The molecule has 1 aromatic heterocycles. The predicted octanol–water partition coefficient (Wildman–Crippen LogP) is 3.52. The van der Waals surface area contributed by atoms with Crippen molar-refractivity contribution in [3.05, 3.63) is 35.9 Å². The Morgan fingerprint density at radius 3 is 2.75 bits per heavy atom. The standard InChI is InChI=1S/C13H15N3OS3/c1-9(19-8-10-6-4-3-5-7-10)11(17)14-12-15-16-13(18-2)20-12/h3-7,9H,8H2,1-2H3,(H,14,15,17). The number of nitrogens with one attached hydrogen (secondary N) is 1. The molecule has 1 amide bonds. The Morgan fingerprint density at radius 2 is 2.10 bits per heavy atom. The summed E-state index contributed by atoms with van der Waals surface area (Å²) in [5.74, 6) is 0.788. The smallest absolute Gasteiger partial charge is 0.239 e. The molecular formula is C13H15N3OS3. The number of carbonyl (C=O) groups excluding carboxylic acids is 1. The van der Waals surface area contributed by atoms with Gasteiger partial charge in [-0.1, -0.05) is 53.4 Å². The molecule has 1 heterocycles. The maximum atomic E-state index is 12.0. The zero-order valence-electron chi connectivity index (χ0n) is 11.2. The first-order valence-corrected chi connectivity index (χ1v) is 9.12. The number of nitrogens with zero attached hydrogens (tertiary/aromatic N) is 2. The van der Waals surface area contributed by atoms with E-state index < -0.39 is 0 Å². The third-order valence-electron chi connectivity index (χ3n) is 2.52. The summed E-state index contributed by atoms with van der Waals surface area (Å²) in [4.78, 5) is 12.0. The first kappa shape index (κ1) is 15.3. The maximum absolute atomic E-state index is 12.0. The molecule has 1 atom stereocenters. The van der Waals surface area contributed by atoms with E-state index in [1.165, 1.54) is 28.7 Å².